The lowest BCUT2D eigenvalue weighted by Gasteiger charge is -2.18. The molecule has 1 aliphatic rings. The van der Waals surface area contributed by atoms with Crippen molar-refractivity contribution in [2.75, 3.05) is 13.2 Å². The van der Waals surface area contributed by atoms with Crippen LogP contribution in [0.3, 0.4) is 0 Å². The normalized spacial score (nSPS) is 13.8. The zero-order chi connectivity index (χ0) is 18.3. The van der Waals surface area contributed by atoms with E-state index in [0.717, 1.165) is 4.70 Å². The number of hydrogen-bond acceptors (Lipinski definition) is 6. The second kappa shape index (κ2) is 6.26. The maximum atomic E-state index is 12.5. The van der Waals surface area contributed by atoms with Crippen LogP contribution in [-0.2, 0) is 7.05 Å². The van der Waals surface area contributed by atoms with Crippen molar-refractivity contribution in [3.63, 3.8) is 0 Å². The number of ether oxygens (including phenoxy) is 2. The SMILES string of the molecule is Cn1c(=NC(=O)c2ccc3c(c2)OCCO3)sc2ccc([N+](=O)[O-])cc21. The van der Waals surface area contributed by atoms with E-state index in [2.05, 4.69) is 4.99 Å². The molecule has 0 saturated carbocycles. The molecule has 8 nitrogen and oxygen atoms in total. The molecule has 1 amide bonds. The first-order chi connectivity index (χ1) is 12.5. The molecule has 3 aromatic rings. The fourth-order valence-electron chi connectivity index (χ4n) is 2.66. The molecule has 1 aromatic heterocycles. The second-order valence-corrected chi connectivity index (χ2v) is 6.64. The standard InChI is InChI=1S/C17H13N3O5S/c1-19-12-9-11(20(22)23)3-5-15(12)26-17(19)18-16(21)10-2-4-13-14(8-10)25-7-6-24-13/h2-5,8-9H,6-7H2,1H3. The van der Waals surface area contributed by atoms with Gasteiger partial charge in [0.05, 0.1) is 15.1 Å². The summed E-state index contributed by atoms with van der Waals surface area (Å²) in [5, 5.41) is 10.9. The van der Waals surface area contributed by atoms with Gasteiger partial charge in [0.1, 0.15) is 13.2 Å². The van der Waals surface area contributed by atoms with E-state index in [1.54, 1.807) is 35.9 Å². The van der Waals surface area contributed by atoms with Crippen molar-refractivity contribution < 1.29 is 19.2 Å². The fraction of sp³-hybridized carbons (Fsp3) is 0.176. The highest BCUT2D eigenvalue weighted by molar-refractivity contribution is 7.16. The molecule has 0 atom stereocenters. The Bertz CT molecular complexity index is 1120. The number of rotatable bonds is 2. The Balaban J connectivity index is 1.74. The van der Waals surface area contributed by atoms with E-state index < -0.39 is 10.8 Å². The lowest BCUT2D eigenvalue weighted by molar-refractivity contribution is -0.384. The Hall–Kier alpha value is -3.20. The molecule has 2 aromatic carbocycles. The Kier molecular flexibility index (Phi) is 3.92. The largest absolute Gasteiger partial charge is 0.486 e. The topological polar surface area (TPSA) is 96.0 Å². The molecule has 0 radical (unpaired) electrons. The predicted molar refractivity (Wildman–Crippen MR) is 94.8 cm³/mol. The number of thiazole rings is 1. The van der Waals surface area contributed by atoms with Gasteiger partial charge in [-0.05, 0) is 24.3 Å². The number of nitro benzene ring substituents is 1. The Morgan fingerprint density at radius 3 is 2.73 bits per heavy atom. The molecule has 0 aliphatic carbocycles. The van der Waals surface area contributed by atoms with Gasteiger partial charge in [-0.25, -0.2) is 0 Å². The van der Waals surface area contributed by atoms with Gasteiger partial charge in [-0.3, -0.25) is 14.9 Å². The predicted octanol–water partition coefficient (Wildman–Crippen LogP) is 2.66. The third-order valence-electron chi connectivity index (χ3n) is 3.99. The first kappa shape index (κ1) is 16.3. The molecule has 1 aliphatic heterocycles. The van der Waals surface area contributed by atoms with Gasteiger partial charge in [0.2, 0.25) is 0 Å². The number of nitrogens with zero attached hydrogens (tertiary/aromatic N) is 3. The minimum Gasteiger partial charge on any atom is -0.486 e. The van der Waals surface area contributed by atoms with Crippen molar-refractivity contribution >= 4 is 33.1 Å². The second-order valence-electron chi connectivity index (χ2n) is 5.63. The van der Waals surface area contributed by atoms with Crippen LogP contribution in [-0.4, -0.2) is 28.6 Å². The molecule has 4 rings (SSSR count). The Labute approximate surface area is 151 Å². The summed E-state index contributed by atoms with van der Waals surface area (Å²) >= 11 is 1.29. The number of aryl methyl sites for hydroxylation is 1. The summed E-state index contributed by atoms with van der Waals surface area (Å²) in [7, 11) is 1.72. The third-order valence-corrected chi connectivity index (χ3v) is 5.10. The molecule has 0 saturated heterocycles. The van der Waals surface area contributed by atoms with E-state index in [4.69, 9.17) is 9.47 Å². The quantitative estimate of drug-likeness (QED) is 0.510. The molecule has 9 heteroatoms. The molecule has 0 bridgehead atoms. The first-order valence-electron chi connectivity index (χ1n) is 7.75. The smallest absolute Gasteiger partial charge is 0.279 e. The van der Waals surface area contributed by atoms with Gasteiger partial charge in [-0.15, -0.1) is 0 Å². The summed E-state index contributed by atoms with van der Waals surface area (Å²) in [6.45, 7) is 0.917. The summed E-state index contributed by atoms with van der Waals surface area (Å²) in [5.74, 6) is 0.708. The van der Waals surface area contributed by atoms with E-state index in [1.165, 1.54) is 23.5 Å². The zero-order valence-corrected chi connectivity index (χ0v) is 14.5. The van der Waals surface area contributed by atoms with Gasteiger partial charge in [0.25, 0.3) is 11.6 Å². The van der Waals surface area contributed by atoms with Gasteiger partial charge in [-0.2, -0.15) is 4.99 Å². The number of carbonyl (C=O) groups excluding carboxylic acids is 1. The van der Waals surface area contributed by atoms with Crippen LogP contribution in [0.15, 0.2) is 41.4 Å². The summed E-state index contributed by atoms with van der Waals surface area (Å²) in [6, 6.07) is 9.50. The number of non-ortho nitro benzene ring substituents is 1. The monoisotopic (exact) mass is 371 g/mol. The number of benzene rings is 2. The summed E-state index contributed by atoms with van der Waals surface area (Å²) in [4.78, 5) is 27.6. The van der Waals surface area contributed by atoms with Crippen LogP contribution in [0, 0.1) is 10.1 Å². The average molecular weight is 371 g/mol. The highest BCUT2D eigenvalue weighted by Crippen LogP contribution is 2.31. The van der Waals surface area contributed by atoms with Crippen LogP contribution >= 0.6 is 11.3 Å². The third kappa shape index (κ3) is 2.82. The zero-order valence-electron chi connectivity index (χ0n) is 13.7. The lowest BCUT2D eigenvalue weighted by Crippen LogP contribution is -2.16. The van der Waals surface area contributed by atoms with Crippen molar-refractivity contribution in [3.05, 3.63) is 56.9 Å². The Morgan fingerprint density at radius 1 is 1.19 bits per heavy atom. The highest BCUT2D eigenvalue weighted by Gasteiger charge is 2.15. The van der Waals surface area contributed by atoms with Gasteiger partial charge < -0.3 is 14.0 Å². The van der Waals surface area contributed by atoms with E-state index >= 15 is 0 Å². The highest BCUT2D eigenvalue weighted by atomic mass is 32.1. The van der Waals surface area contributed by atoms with Crippen LogP contribution in [0.4, 0.5) is 5.69 Å². The van der Waals surface area contributed by atoms with Crippen molar-refractivity contribution in [1.29, 1.82) is 0 Å². The van der Waals surface area contributed by atoms with Gasteiger partial charge in [0.15, 0.2) is 16.3 Å². The van der Waals surface area contributed by atoms with Crippen molar-refractivity contribution in [2.45, 2.75) is 0 Å². The van der Waals surface area contributed by atoms with Crippen LogP contribution in [0.25, 0.3) is 10.2 Å². The first-order valence-corrected chi connectivity index (χ1v) is 8.57. The number of aromatic nitrogens is 1. The molecule has 2 heterocycles. The minimum atomic E-state index is -0.450. The minimum absolute atomic E-state index is 0.00406. The number of nitro groups is 1. The van der Waals surface area contributed by atoms with Crippen molar-refractivity contribution in [2.24, 2.45) is 12.0 Å². The number of carbonyl (C=O) groups is 1. The molecule has 0 unspecified atom stereocenters. The summed E-state index contributed by atoms with van der Waals surface area (Å²) < 4.78 is 13.4. The lowest BCUT2D eigenvalue weighted by atomic mass is 10.2. The van der Waals surface area contributed by atoms with Crippen molar-refractivity contribution in [3.8, 4) is 11.5 Å². The maximum absolute atomic E-state index is 12.5. The molecule has 0 fully saturated rings. The number of amides is 1. The molecule has 26 heavy (non-hydrogen) atoms. The van der Waals surface area contributed by atoms with Crippen LogP contribution in [0.5, 0.6) is 11.5 Å². The van der Waals surface area contributed by atoms with E-state index in [1.807, 2.05) is 0 Å². The van der Waals surface area contributed by atoms with Crippen LogP contribution in [0.1, 0.15) is 10.4 Å². The molecular formula is C17H13N3O5S. The summed E-state index contributed by atoms with van der Waals surface area (Å²) in [5.41, 5.74) is 1.03. The van der Waals surface area contributed by atoms with Crippen molar-refractivity contribution in [1.82, 2.24) is 4.57 Å². The summed E-state index contributed by atoms with van der Waals surface area (Å²) in [6.07, 6.45) is 0. The van der Waals surface area contributed by atoms with Crippen LogP contribution in [0.2, 0.25) is 0 Å². The van der Waals surface area contributed by atoms with E-state index in [-0.39, 0.29) is 5.69 Å². The number of fused-ring (bicyclic) bond motifs is 2. The molecule has 0 spiro atoms. The van der Waals surface area contributed by atoms with Gasteiger partial charge >= 0.3 is 0 Å². The molecule has 0 N–H and O–H groups in total. The fourth-order valence-corrected chi connectivity index (χ4v) is 3.66. The van der Waals surface area contributed by atoms with Gasteiger partial charge in [0, 0.05) is 24.7 Å². The van der Waals surface area contributed by atoms with E-state index in [0.29, 0.717) is 40.6 Å². The average Bonchev–Trinajstić information content (AvgIpc) is 2.96. The van der Waals surface area contributed by atoms with E-state index in [9.17, 15) is 14.9 Å². The molecular weight excluding hydrogens is 358 g/mol. The van der Waals surface area contributed by atoms with Gasteiger partial charge in [-0.1, -0.05) is 11.3 Å². The molecule has 132 valence electrons. The maximum Gasteiger partial charge on any atom is 0.279 e. The Morgan fingerprint density at radius 2 is 1.96 bits per heavy atom. The number of hydrogen-bond donors (Lipinski definition) is 0. The van der Waals surface area contributed by atoms with Crippen LogP contribution < -0.4 is 14.3 Å².